The zero-order valence-electron chi connectivity index (χ0n) is 26.8. The van der Waals surface area contributed by atoms with Crippen LogP contribution < -0.4 is 9.47 Å². The van der Waals surface area contributed by atoms with E-state index in [1.165, 1.54) is 56.1 Å². The number of benzene rings is 3. The molecule has 2 aliphatic carbocycles. The second kappa shape index (κ2) is 14.0. The fraction of sp³-hybridized carbons (Fsp3) is 0.474. The van der Waals surface area contributed by atoms with Crippen molar-refractivity contribution in [2.24, 2.45) is 0 Å². The minimum atomic E-state index is -0.114. The lowest BCUT2D eigenvalue weighted by atomic mass is 9.72. The molecule has 3 aliphatic rings. The summed E-state index contributed by atoms with van der Waals surface area (Å²) >= 11 is 7.36. The van der Waals surface area contributed by atoms with Gasteiger partial charge in [0.05, 0.1) is 34.3 Å². The lowest BCUT2D eigenvalue weighted by Crippen LogP contribution is -2.31. The molecule has 0 N–H and O–H groups in total. The molecule has 6 rings (SSSR count). The molecule has 0 saturated carbocycles. The van der Waals surface area contributed by atoms with E-state index in [-0.39, 0.29) is 11.8 Å². The number of aryl methyl sites for hydroxylation is 2. The molecule has 0 spiro atoms. The molecule has 2 amide bonds. The van der Waals surface area contributed by atoms with Crippen molar-refractivity contribution in [2.75, 3.05) is 20.8 Å². The first-order valence-electron chi connectivity index (χ1n) is 16.7. The normalized spacial score (nSPS) is 14.6. The molecule has 0 aromatic heterocycles. The predicted molar refractivity (Wildman–Crippen MR) is 188 cm³/mol. The van der Waals surface area contributed by atoms with Gasteiger partial charge in [-0.15, -0.1) is 0 Å². The fourth-order valence-corrected chi connectivity index (χ4v) is 8.75. The van der Waals surface area contributed by atoms with Gasteiger partial charge in [-0.3, -0.25) is 14.5 Å². The van der Waals surface area contributed by atoms with Crippen molar-refractivity contribution >= 4 is 43.7 Å². The summed E-state index contributed by atoms with van der Waals surface area (Å²) in [4.78, 5) is 29.9. The molecule has 0 atom stereocenters. The minimum Gasteiger partial charge on any atom is -0.496 e. The first kappa shape index (κ1) is 32.3. The van der Waals surface area contributed by atoms with Gasteiger partial charge >= 0.3 is 0 Å². The summed E-state index contributed by atoms with van der Waals surface area (Å²) in [6.07, 6.45) is 15.2. The Labute approximate surface area is 284 Å². The lowest BCUT2D eigenvalue weighted by molar-refractivity contribution is 0.0651. The maximum absolute atomic E-state index is 14.2. The molecule has 0 bridgehead atoms. The molecule has 7 heteroatoms. The summed E-state index contributed by atoms with van der Waals surface area (Å²) in [5.74, 6) is 1.28. The Morgan fingerprint density at radius 1 is 0.600 bits per heavy atom. The predicted octanol–water partition coefficient (Wildman–Crippen LogP) is 10.3. The van der Waals surface area contributed by atoms with Crippen molar-refractivity contribution < 1.29 is 19.1 Å². The molecule has 0 fully saturated rings. The van der Waals surface area contributed by atoms with E-state index in [4.69, 9.17) is 9.47 Å². The van der Waals surface area contributed by atoms with Crippen LogP contribution in [0, 0.1) is 0 Å². The fourth-order valence-electron chi connectivity index (χ4n) is 7.64. The van der Waals surface area contributed by atoms with Crippen LogP contribution in [0.3, 0.4) is 0 Å². The van der Waals surface area contributed by atoms with E-state index in [2.05, 4.69) is 63.0 Å². The lowest BCUT2D eigenvalue weighted by Gasteiger charge is -2.31. The number of carbonyl (C=O) groups is 2. The van der Waals surface area contributed by atoms with E-state index in [0.717, 1.165) is 85.9 Å². The first-order valence-corrected chi connectivity index (χ1v) is 18.3. The van der Waals surface area contributed by atoms with Gasteiger partial charge < -0.3 is 9.47 Å². The third-order valence-corrected chi connectivity index (χ3v) is 11.2. The Morgan fingerprint density at radius 2 is 1.02 bits per heavy atom. The quantitative estimate of drug-likeness (QED) is 0.130. The Bertz CT molecular complexity index is 1540. The molecule has 45 heavy (non-hydrogen) atoms. The van der Waals surface area contributed by atoms with Crippen LogP contribution in [-0.4, -0.2) is 37.5 Å². The average Bonchev–Trinajstić information content (AvgIpc) is 3.29. The van der Waals surface area contributed by atoms with Crippen molar-refractivity contribution in [3.05, 3.63) is 66.6 Å². The zero-order chi connectivity index (χ0) is 31.7. The Balaban J connectivity index is 1.36. The van der Waals surface area contributed by atoms with Gasteiger partial charge in [0.2, 0.25) is 0 Å². The SMILES string of the molecule is CCCCCCCCCCCCN1C(=O)c2c3c(c4c(c2C1=O)CCc1cc(Br)c(OC)cc1-4)-c1cc(OC)c(Br)cc1CC3. The van der Waals surface area contributed by atoms with Crippen LogP contribution in [-0.2, 0) is 25.7 Å². The smallest absolute Gasteiger partial charge is 0.261 e. The molecule has 1 aliphatic heterocycles. The highest BCUT2D eigenvalue weighted by Gasteiger charge is 2.44. The van der Waals surface area contributed by atoms with Crippen LogP contribution in [0.1, 0.15) is 114 Å². The summed E-state index contributed by atoms with van der Waals surface area (Å²) in [5.41, 5.74) is 10.0. The molecule has 5 nitrogen and oxygen atoms in total. The Hall–Kier alpha value is -2.64. The highest BCUT2D eigenvalue weighted by molar-refractivity contribution is 9.10. The number of carbonyl (C=O) groups excluding carboxylic acids is 2. The standard InChI is InChI=1S/C38H43Br2NO4/c1-4-5-6-7-8-9-10-11-12-13-18-41-37(42)35-25-16-14-23-19-29(39)31(44-2)21-27(23)33(25)34-26(36(35)38(41)43)17-15-24-20-30(40)32(45-3)22-28(24)34/h19-22H,4-18H2,1-3H3. The number of nitrogens with zero attached hydrogens (tertiary/aromatic N) is 1. The van der Waals surface area contributed by atoms with Gasteiger partial charge in [0, 0.05) is 6.54 Å². The van der Waals surface area contributed by atoms with E-state index in [1.807, 2.05) is 0 Å². The van der Waals surface area contributed by atoms with E-state index >= 15 is 0 Å². The number of amides is 2. The molecule has 1 heterocycles. The summed E-state index contributed by atoms with van der Waals surface area (Å²) in [7, 11) is 3.36. The van der Waals surface area contributed by atoms with Crippen molar-refractivity contribution in [1.82, 2.24) is 4.90 Å². The van der Waals surface area contributed by atoms with Gasteiger partial charge in [-0.1, -0.05) is 64.7 Å². The number of fused-ring (bicyclic) bond motifs is 10. The second-order valence-corrected chi connectivity index (χ2v) is 14.4. The highest BCUT2D eigenvalue weighted by Crippen LogP contribution is 2.53. The van der Waals surface area contributed by atoms with Crippen LogP contribution in [0.4, 0.5) is 0 Å². The van der Waals surface area contributed by atoms with Crippen LogP contribution >= 0.6 is 31.9 Å². The van der Waals surface area contributed by atoms with Gasteiger partial charge in [0.1, 0.15) is 11.5 Å². The van der Waals surface area contributed by atoms with Gasteiger partial charge in [-0.2, -0.15) is 0 Å². The Morgan fingerprint density at radius 3 is 1.44 bits per heavy atom. The number of unbranched alkanes of at least 4 members (excludes halogenated alkanes) is 9. The summed E-state index contributed by atoms with van der Waals surface area (Å²) in [6.45, 7) is 2.74. The molecule has 238 valence electrons. The van der Waals surface area contributed by atoms with E-state index < -0.39 is 0 Å². The molecule has 3 aromatic carbocycles. The van der Waals surface area contributed by atoms with Crippen LogP contribution in [0.15, 0.2) is 33.2 Å². The first-order chi connectivity index (χ1) is 21.9. The molecule has 0 unspecified atom stereocenters. The summed E-state index contributed by atoms with van der Waals surface area (Å²) < 4.78 is 13.3. The number of imide groups is 1. The van der Waals surface area contributed by atoms with Crippen LogP contribution in [0.5, 0.6) is 11.5 Å². The molecule has 3 aromatic rings. The van der Waals surface area contributed by atoms with E-state index in [0.29, 0.717) is 30.5 Å². The van der Waals surface area contributed by atoms with Crippen LogP contribution in [0.25, 0.3) is 22.3 Å². The number of ether oxygens (including phenoxy) is 2. The number of rotatable bonds is 13. The van der Waals surface area contributed by atoms with Gasteiger partial charge in [0.15, 0.2) is 0 Å². The maximum atomic E-state index is 14.2. The van der Waals surface area contributed by atoms with Crippen molar-refractivity contribution in [3.8, 4) is 33.8 Å². The molecule has 0 saturated heterocycles. The Kier molecular flexibility index (Phi) is 10.1. The summed E-state index contributed by atoms with van der Waals surface area (Å²) in [5, 5.41) is 0. The van der Waals surface area contributed by atoms with E-state index in [9.17, 15) is 9.59 Å². The number of hydrogen-bond acceptors (Lipinski definition) is 4. The number of halogens is 2. The molecule has 0 radical (unpaired) electrons. The largest absolute Gasteiger partial charge is 0.496 e. The van der Waals surface area contributed by atoms with Crippen molar-refractivity contribution in [2.45, 2.75) is 96.8 Å². The van der Waals surface area contributed by atoms with Gasteiger partial charge in [-0.05, 0) is 133 Å². The maximum Gasteiger partial charge on any atom is 0.261 e. The third-order valence-electron chi connectivity index (χ3n) is 9.94. The third kappa shape index (κ3) is 6.00. The van der Waals surface area contributed by atoms with E-state index in [1.54, 1.807) is 19.1 Å². The number of hydrogen-bond donors (Lipinski definition) is 0. The topological polar surface area (TPSA) is 55.8 Å². The zero-order valence-corrected chi connectivity index (χ0v) is 29.9. The number of methoxy groups -OCH3 is 2. The van der Waals surface area contributed by atoms with Gasteiger partial charge in [-0.25, -0.2) is 0 Å². The molecular formula is C38H43Br2NO4. The monoisotopic (exact) mass is 735 g/mol. The highest BCUT2D eigenvalue weighted by atomic mass is 79.9. The van der Waals surface area contributed by atoms with Gasteiger partial charge in [0.25, 0.3) is 11.8 Å². The average molecular weight is 738 g/mol. The van der Waals surface area contributed by atoms with Crippen molar-refractivity contribution in [1.29, 1.82) is 0 Å². The van der Waals surface area contributed by atoms with Crippen molar-refractivity contribution in [3.63, 3.8) is 0 Å². The van der Waals surface area contributed by atoms with Crippen LogP contribution in [0.2, 0.25) is 0 Å². The second-order valence-electron chi connectivity index (χ2n) is 12.7. The summed E-state index contributed by atoms with van der Waals surface area (Å²) in [6, 6.07) is 8.48. The minimum absolute atomic E-state index is 0.114. The molecular weight excluding hydrogens is 694 g/mol.